The van der Waals surface area contributed by atoms with E-state index < -0.39 is 4.92 Å². The third kappa shape index (κ3) is 5.77. The molecule has 0 aliphatic carbocycles. The highest BCUT2D eigenvalue weighted by molar-refractivity contribution is 7.80. The highest BCUT2D eigenvalue weighted by Gasteiger charge is 2.11. The number of nitro benzene ring substituents is 1. The van der Waals surface area contributed by atoms with Crippen molar-refractivity contribution in [2.45, 2.75) is 6.42 Å². The van der Waals surface area contributed by atoms with E-state index in [2.05, 4.69) is 15.6 Å². The highest BCUT2D eigenvalue weighted by atomic mass is 35.5. The molecule has 0 aliphatic rings. The van der Waals surface area contributed by atoms with Gasteiger partial charge in [0.05, 0.1) is 20.7 Å². The molecule has 0 aliphatic heterocycles. The van der Waals surface area contributed by atoms with Gasteiger partial charge in [0.15, 0.2) is 10.2 Å². The monoisotopic (exact) mass is 486 g/mol. The molecule has 150 valence electrons. The molecule has 0 fully saturated rings. The van der Waals surface area contributed by atoms with E-state index in [9.17, 15) is 10.1 Å². The van der Waals surface area contributed by atoms with Gasteiger partial charge >= 0.3 is 0 Å². The van der Waals surface area contributed by atoms with Crippen molar-refractivity contribution in [2.24, 2.45) is 0 Å². The molecule has 2 aromatic carbocycles. The Balaban J connectivity index is 1.57. The lowest BCUT2D eigenvalue weighted by atomic mass is 10.1. The second-order valence-electron chi connectivity index (χ2n) is 5.84. The van der Waals surface area contributed by atoms with Crippen molar-refractivity contribution in [3.63, 3.8) is 0 Å². The molecule has 1 aromatic heterocycles. The number of nitro groups is 1. The Bertz CT molecular complexity index is 1080. The molecule has 0 saturated carbocycles. The van der Waals surface area contributed by atoms with Gasteiger partial charge in [-0.25, -0.2) is 4.98 Å². The molecule has 0 saturated heterocycles. The van der Waals surface area contributed by atoms with Crippen LogP contribution in [0.4, 0.5) is 10.8 Å². The van der Waals surface area contributed by atoms with Crippen LogP contribution in [-0.2, 0) is 6.42 Å². The SMILES string of the molecule is O=[N+]([O-])c1cccc(-c2csc(NC(=S)NCCc3cc(Cl)cc(Cl)c3Cl)n2)c1. The lowest BCUT2D eigenvalue weighted by Crippen LogP contribution is -2.30. The molecule has 2 N–H and O–H groups in total. The number of anilines is 1. The number of nitrogens with one attached hydrogen (secondary N) is 2. The smallest absolute Gasteiger partial charge is 0.270 e. The van der Waals surface area contributed by atoms with Gasteiger partial charge in [-0.05, 0) is 36.3 Å². The Kier molecular flexibility index (Phi) is 7.26. The van der Waals surface area contributed by atoms with Crippen LogP contribution in [0.25, 0.3) is 11.3 Å². The third-order valence-electron chi connectivity index (χ3n) is 3.83. The molecule has 6 nitrogen and oxygen atoms in total. The van der Waals surface area contributed by atoms with Crippen molar-refractivity contribution in [2.75, 3.05) is 11.9 Å². The van der Waals surface area contributed by atoms with Gasteiger partial charge in [0.25, 0.3) is 5.69 Å². The van der Waals surface area contributed by atoms with E-state index in [0.29, 0.717) is 49.5 Å². The van der Waals surface area contributed by atoms with Crippen molar-refractivity contribution in [1.82, 2.24) is 10.3 Å². The molecular weight excluding hydrogens is 475 g/mol. The molecule has 0 spiro atoms. The summed E-state index contributed by atoms with van der Waals surface area (Å²) in [5.41, 5.74) is 2.13. The highest BCUT2D eigenvalue weighted by Crippen LogP contribution is 2.30. The van der Waals surface area contributed by atoms with E-state index in [-0.39, 0.29) is 5.69 Å². The minimum Gasteiger partial charge on any atom is -0.362 e. The normalized spacial score (nSPS) is 10.6. The molecule has 0 bridgehead atoms. The maximum atomic E-state index is 10.9. The number of aromatic nitrogens is 1. The molecule has 11 heteroatoms. The Labute approximate surface area is 191 Å². The first-order chi connectivity index (χ1) is 13.8. The molecule has 0 unspecified atom stereocenters. The van der Waals surface area contributed by atoms with Crippen molar-refractivity contribution < 1.29 is 4.92 Å². The van der Waals surface area contributed by atoms with Crippen LogP contribution in [0.15, 0.2) is 41.8 Å². The number of thiazole rings is 1. The van der Waals surface area contributed by atoms with E-state index in [1.54, 1.807) is 29.6 Å². The fraction of sp³-hybridized carbons (Fsp3) is 0.111. The summed E-state index contributed by atoms with van der Waals surface area (Å²) in [6.07, 6.45) is 0.581. The molecule has 1 heterocycles. The maximum Gasteiger partial charge on any atom is 0.270 e. The lowest BCUT2D eigenvalue weighted by molar-refractivity contribution is -0.384. The molecule has 0 amide bonds. The zero-order valence-corrected chi connectivity index (χ0v) is 18.5. The van der Waals surface area contributed by atoms with E-state index >= 15 is 0 Å². The average molecular weight is 488 g/mol. The van der Waals surface area contributed by atoms with Gasteiger partial charge < -0.3 is 10.6 Å². The van der Waals surface area contributed by atoms with Gasteiger partial charge in [-0.15, -0.1) is 11.3 Å². The fourth-order valence-electron chi connectivity index (χ4n) is 2.49. The molecule has 3 rings (SSSR count). The largest absolute Gasteiger partial charge is 0.362 e. The predicted molar refractivity (Wildman–Crippen MR) is 124 cm³/mol. The maximum absolute atomic E-state index is 10.9. The average Bonchev–Trinajstić information content (AvgIpc) is 3.14. The van der Waals surface area contributed by atoms with Crippen molar-refractivity contribution in [3.05, 3.63) is 72.5 Å². The summed E-state index contributed by atoms with van der Waals surface area (Å²) in [5.74, 6) is 0. The molecule has 0 atom stereocenters. The number of hydrogen-bond donors (Lipinski definition) is 2. The summed E-state index contributed by atoms with van der Waals surface area (Å²) < 4.78 is 0. The number of nitrogens with zero attached hydrogens (tertiary/aromatic N) is 2. The molecule has 3 aromatic rings. The van der Waals surface area contributed by atoms with Gasteiger partial charge in [-0.2, -0.15) is 0 Å². The van der Waals surface area contributed by atoms with Crippen molar-refractivity contribution in [3.8, 4) is 11.3 Å². The van der Waals surface area contributed by atoms with Gasteiger partial charge in [-0.3, -0.25) is 10.1 Å². The third-order valence-corrected chi connectivity index (χ3v) is 5.89. The first-order valence-electron chi connectivity index (χ1n) is 8.22. The van der Waals surface area contributed by atoms with Crippen LogP contribution in [0.1, 0.15) is 5.56 Å². The number of hydrogen-bond acceptors (Lipinski definition) is 5. The quantitative estimate of drug-likeness (QED) is 0.186. The first-order valence-corrected chi connectivity index (χ1v) is 10.6. The zero-order valence-electron chi connectivity index (χ0n) is 14.6. The minimum atomic E-state index is -0.437. The molecule has 29 heavy (non-hydrogen) atoms. The van der Waals surface area contributed by atoms with E-state index in [4.69, 9.17) is 47.0 Å². The summed E-state index contributed by atoms with van der Waals surface area (Å²) >= 11 is 24.9. The number of benzene rings is 2. The summed E-state index contributed by atoms with van der Waals surface area (Å²) in [5, 5.41) is 21.2. The van der Waals surface area contributed by atoms with Crippen LogP contribution in [0.3, 0.4) is 0 Å². The number of thiocarbonyl (C=S) groups is 1. The van der Waals surface area contributed by atoms with Gasteiger partial charge in [0, 0.05) is 34.6 Å². The van der Waals surface area contributed by atoms with Crippen LogP contribution in [-0.4, -0.2) is 21.6 Å². The Morgan fingerprint density at radius 1 is 1.24 bits per heavy atom. The zero-order chi connectivity index (χ0) is 21.0. The van der Waals surface area contributed by atoms with E-state index in [1.165, 1.54) is 23.5 Å². The molecular formula is C18H13Cl3N4O2S2. The van der Waals surface area contributed by atoms with E-state index in [1.807, 2.05) is 0 Å². The summed E-state index contributed by atoms with van der Waals surface area (Å²) in [4.78, 5) is 14.9. The number of non-ortho nitro benzene ring substituents is 1. The Morgan fingerprint density at radius 3 is 2.79 bits per heavy atom. The van der Waals surface area contributed by atoms with Crippen molar-refractivity contribution in [1.29, 1.82) is 0 Å². The summed E-state index contributed by atoms with van der Waals surface area (Å²) in [6, 6.07) is 9.67. The molecule has 0 radical (unpaired) electrons. The topological polar surface area (TPSA) is 80.1 Å². The predicted octanol–water partition coefficient (Wildman–Crippen LogP) is 6.21. The van der Waals surface area contributed by atoms with Crippen LogP contribution >= 0.6 is 58.4 Å². The summed E-state index contributed by atoms with van der Waals surface area (Å²) in [6.45, 7) is 0.519. The lowest BCUT2D eigenvalue weighted by Gasteiger charge is -2.10. The summed E-state index contributed by atoms with van der Waals surface area (Å²) in [7, 11) is 0. The number of halogens is 3. The van der Waals surface area contributed by atoms with Crippen LogP contribution < -0.4 is 10.6 Å². The second-order valence-corrected chi connectivity index (χ2v) is 8.32. The second kappa shape index (κ2) is 9.69. The fourth-order valence-corrected chi connectivity index (χ4v) is 4.21. The minimum absolute atomic E-state index is 0.0157. The van der Waals surface area contributed by atoms with Crippen LogP contribution in [0, 0.1) is 10.1 Å². The van der Waals surface area contributed by atoms with Gasteiger partial charge in [-0.1, -0.05) is 46.9 Å². The van der Waals surface area contributed by atoms with Gasteiger partial charge in [0.2, 0.25) is 0 Å². The van der Waals surface area contributed by atoms with Gasteiger partial charge in [0.1, 0.15) is 0 Å². The first kappa shape index (κ1) is 21.7. The van der Waals surface area contributed by atoms with Crippen LogP contribution in [0.2, 0.25) is 15.1 Å². The standard InChI is InChI=1S/C18H13Cl3N4O2S2/c19-12-6-11(16(21)14(20)8-12)4-5-22-17(28)24-18-23-15(9-29-18)10-2-1-3-13(7-10)25(26)27/h1-3,6-9H,4-5H2,(H2,22,23,24,28). The van der Waals surface area contributed by atoms with Crippen molar-refractivity contribution >= 4 is 74.3 Å². The number of rotatable bonds is 6. The van der Waals surface area contributed by atoms with Crippen LogP contribution in [0.5, 0.6) is 0 Å². The Morgan fingerprint density at radius 2 is 2.03 bits per heavy atom. The Hall–Kier alpha value is -1.97. The van der Waals surface area contributed by atoms with E-state index in [0.717, 1.165) is 5.56 Å².